The zero-order valence-corrected chi connectivity index (χ0v) is 10.6. The van der Waals surface area contributed by atoms with Gasteiger partial charge in [0.05, 0.1) is 17.3 Å². The molecule has 23 heavy (non-hydrogen) atoms. The second-order valence-corrected chi connectivity index (χ2v) is 3.92. The summed E-state index contributed by atoms with van der Waals surface area (Å²) in [4.78, 5) is 32.5. The number of rotatable bonds is 3. The van der Waals surface area contributed by atoms with Crippen molar-refractivity contribution < 1.29 is 45.8 Å². The van der Waals surface area contributed by atoms with Gasteiger partial charge in [-0.15, -0.1) is 0 Å². The number of anilines is 2. The van der Waals surface area contributed by atoms with Gasteiger partial charge in [-0.3, -0.25) is 9.59 Å². The molecule has 0 aliphatic rings. The highest BCUT2D eigenvalue weighted by Crippen LogP contribution is 2.27. The summed E-state index contributed by atoms with van der Waals surface area (Å²) in [5.41, 5.74) is -3.23. The zero-order chi connectivity index (χ0) is 18.0. The number of carboxylic acid groups (broad SMARTS) is 1. The Bertz CT molecular complexity index is 607. The van der Waals surface area contributed by atoms with Gasteiger partial charge in [-0.05, 0) is 12.1 Å². The maximum Gasteiger partial charge on any atom is 0.471 e. The van der Waals surface area contributed by atoms with Gasteiger partial charge in [-0.2, -0.15) is 26.3 Å². The molecule has 0 radical (unpaired) electrons. The quantitative estimate of drug-likeness (QED) is 0.802. The van der Waals surface area contributed by atoms with Crippen LogP contribution < -0.4 is 15.7 Å². The number of alkyl halides is 6. The molecule has 2 amide bonds. The first-order valence-corrected chi connectivity index (χ1v) is 5.44. The summed E-state index contributed by atoms with van der Waals surface area (Å²) in [5, 5.41) is 13.3. The van der Waals surface area contributed by atoms with Gasteiger partial charge in [0.1, 0.15) is 0 Å². The second-order valence-electron chi connectivity index (χ2n) is 3.92. The van der Waals surface area contributed by atoms with E-state index in [1.807, 2.05) is 0 Å². The molecule has 0 aliphatic carbocycles. The Hall–Kier alpha value is -2.79. The summed E-state index contributed by atoms with van der Waals surface area (Å²) in [6.07, 6.45) is -10.7. The molecule has 0 unspecified atom stereocenters. The van der Waals surface area contributed by atoms with Crippen LogP contribution in [0.3, 0.4) is 0 Å². The SMILES string of the molecule is O=C([O-])c1c(NC(=O)C(F)(F)F)cccc1NC(=O)C(F)(F)F. The van der Waals surface area contributed by atoms with Crippen LogP contribution in [0.1, 0.15) is 10.4 Å². The molecular formula is C11H5F6N2O4-. The number of hydrogen-bond acceptors (Lipinski definition) is 4. The minimum atomic E-state index is -5.37. The molecule has 12 heteroatoms. The van der Waals surface area contributed by atoms with Crippen molar-refractivity contribution in [2.45, 2.75) is 12.4 Å². The molecule has 0 atom stereocenters. The van der Waals surface area contributed by atoms with Crippen LogP contribution in [-0.4, -0.2) is 30.1 Å². The van der Waals surface area contributed by atoms with Crippen LogP contribution in [0.4, 0.5) is 37.7 Å². The zero-order valence-electron chi connectivity index (χ0n) is 10.6. The predicted octanol–water partition coefficient (Wildman–Crippen LogP) is 1.05. The number of nitrogens with one attached hydrogen (secondary N) is 2. The number of hydrogen-bond donors (Lipinski definition) is 2. The molecule has 0 aromatic heterocycles. The molecule has 6 nitrogen and oxygen atoms in total. The third-order valence-corrected chi connectivity index (χ3v) is 2.28. The standard InChI is InChI=1S/C11H6F6N2O4/c12-10(13,14)8(22)18-4-2-1-3-5(6(4)7(20)21)19-9(23)11(15,16)17/h1-3H,(H,18,22)(H,19,23)(H,20,21)/p-1. The van der Waals surface area contributed by atoms with E-state index < -0.39 is 47.1 Å². The van der Waals surface area contributed by atoms with Crippen LogP contribution in [0.5, 0.6) is 0 Å². The van der Waals surface area contributed by atoms with E-state index >= 15 is 0 Å². The van der Waals surface area contributed by atoms with E-state index in [4.69, 9.17) is 0 Å². The Morgan fingerprint density at radius 1 is 0.826 bits per heavy atom. The van der Waals surface area contributed by atoms with Crippen LogP contribution in [-0.2, 0) is 9.59 Å². The third kappa shape index (κ3) is 4.59. The number of aromatic carboxylic acids is 1. The lowest BCUT2D eigenvalue weighted by molar-refractivity contribution is -0.254. The highest BCUT2D eigenvalue weighted by Gasteiger charge is 2.40. The van der Waals surface area contributed by atoms with Gasteiger partial charge in [0, 0.05) is 5.56 Å². The molecule has 0 heterocycles. The van der Waals surface area contributed by atoms with Gasteiger partial charge >= 0.3 is 24.2 Å². The summed E-state index contributed by atoms with van der Waals surface area (Å²) in [6, 6.07) is 2.18. The Morgan fingerprint density at radius 2 is 1.17 bits per heavy atom. The number of carbonyl (C=O) groups excluding carboxylic acids is 3. The van der Waals surface area contributed by atoms with Crippen LogP contribution in [0, 0.1) is 0 Å². The number of halogens is 6. The van der Waals surface area contributed by atoms with Crippen LogP contribution >= 0.6 is 0 Å². The second kappa shape index (κ2) is 6.14. The minimum absolute atomic E-state index is 0.679. The van der Waals surface area contributed by atoms with Gasteiger partial charge in [-0.25, -0.2) is 0 Å². The van der Waals surface area contributed by atoms with Crippen molar-refractivity contribution >= 4 is 29.2 Å². The summed E-state index contributed by atoms with van der Waals surface area (Å²) in [7, 11) is 0. The highest BCUT2D eigenvalue weighted by molar-refractivity contribution is 6.08. The Labute approximate surface area is 123 Å². The normalized spacial score (nSPS) is 11.7. The molecule has 1 aromatic rings. The summed E-state index contributed by atoms with van der Waals surface area (Å²) >= 11 is 0. The molecular weight excluding hydrogens is 338 g/mol. The van der Waals surface area contributed by atoms with Crippen LogP contribution in [0.25, 0.3) is 0 Å². The molecule has 126 valence electrons. The Morgan fingerprint density at radius 3 is 1.43 bits per heavy atom. The van der Waals surface area contributed by atoms with Crippen molar-refractivity contribution in [1.82, 2.24) is 0 Å². The fourth-order valence-corrected chi connectivity index (χ4v) is 1.37. The van der Waals surface area contributed by atoms with E-state index in [1.54, 1.807) is 0 Å². The Balaban J connectivity index is 3.25. The van der Waals surface area contributed by atoms with Gasteiger partial charge in [0.25, 0.3) is 0 Å². The Kier molecular flexibility index (Phi) is 4.87. The fourth-order valence-electron chi connectivity index (χ4n) is 1.37. The van der Waals surface area contributed by atoms with Crippen molar-refractivity contribution in [3.8, 4) is 0 Å². The molecule has 0 fully saturated rings. The summed E-state index contributed by atoms with van der Waals surface area (Å²) < 4.78 is 72.8. The molecule has 1 rings (SSSR count). The van der Waals surface area contributed by atoms with Gasteiger partial charge in [0.15, 0.2) is 0 Å². The summed E-state index contributed by atoms with van der Waals surface area (Å²) in [5.74, 6) is -7.32. The largest absolute Gasteiger partial charge is 0.545 e. The lowest BCUT2D eigenvalue weighted by Gasteiger charge is -2.18. The van der Waals surface area contributed by atoms with E-state index in [2.05, 4.69) is 0 Å². The van der Waals surface area contributed by atoms with E-state index in [9.17, 15) is 45.8 Å². The minimum Gasteiger partial charge on any atom is -0.545 e. The van der Waals surface area contributed by atoms with Crippen molar-refractivity contribution in [3.05, 3.63) is 23.8 Å². The van der Waals surface area contributed by atoms with Gasteiger partial charge < -0.3 is 20.5 Å². The average molecular weight is 343 g/mol. The van der Waals surface area contributed by atoms with E-state index in [-0.39, 0.29) is 0 Å². The van der Waals surface area contributed by atoms with Crippen LogP contribution in [0.15, 0.2) is 18.2 Å². The molecule has 0 saturated carbocycles. The average Bonchev–Trinajstić information content (AvgIpc) is 2.36. The smallest absolute Gasteiger partial charge is 0.471 e. The van der Waals surface area contributed by atoms with Crippen molar-refractivity contribution in [2.24, 2.45) is 0 Å². The predicted molar refractivity (Wildman–Crippen MR) is 60.1 cm³/mol. The fraction of sp³-hybridized carbons (Fsp3) is 0.182. The first kappa shape index (κ1) is 18.3. The third-order valence-electron chi connectivity index (χ3n) is 2.28. The van der Waals surface area contributed by atoms with Gasteiger partial charge in [0.2, 0.25) is 0 Å². The van der Waals surface area contributed by atoms with Gasteiger partial charge in [-0.1, -0.05) is 6.07 Å². The maximum absolute atomic E-state index is 12.1. The lowest BCUT2D eigenvalue weighted by atomic mass is 10.1. The maximum atomic E-state index is 12.1. The van der Waals surface area contributed by atoms with Crippen LogP contribution in [0.2, 0.25) is 0 Å². The molecule has 0 saturated heterocycles. The number of carboxylic acids is 1. The van der Waals surface area contributed by atoms with Crippen molar-refractivity contribution in [3.63, 3.8) is 0 Å². The topological polar surface area (TPSA) is 98.3 Å². The monoisotopic (exact) mass is 343 g/mol. The van der Waals surface area contributed by atoms with Crippen molar-refractivity contribution in [2.75, 3.05) is 10.6 Å². The molecule has 0 spiro atoms. The highest BCUT2D eigenvalue weighted by atomic mass is 19.4. The number of amides is 2. The van der Waals surface area contributed by atoms with Crippen molar-refractivity contribution in [1.29, 1.82) is 0 Å². The number of benzene rings is 1. The van der Waals surface area contributed by atoms with E-state index in [1.165, 1.54) is 10.6 Å². The number of carbonyl (C=O) groups is 3. The van der Waals surface area contributed by atoms with E-state index in [0.717, 1.165) is 6.07 Å². The molecule has 0 bridgehead atoms. The molecule has 2 N–H and O–H groups in total. The first-order valence-electron chi connectivity index (χ1n) is 5.44. The molecule has 0 aliphatic heterocycles. The van der Waals surface area contributed by atoms with E-state index in [0.29, 0.717) is 12.1 Å². The first-order chi connectivity index (χ1) is 10.3. The summed E-state index contributed by atoms with van der Waals surface area (Å²) in [6.45, 7) is 0. The lowest BCUT2D eigenvalue weighted by Crippen LogP contribution is -2.34. The molecule has 1 aromatic carbocycles.